The summed E-state index contributed by atoms with van der Waals surface area (Å²) in [7, 11) is 1.41. The zero-order valence-corrected chi connectivity index (χ0v) is 18.0. The summed E-state index contributed by atoms with van der Waals surface area (Å²) in [5.74, 6) is -1.91. The van der Waals surface area contributed by atoms with Gasteiger partial charge < -0.3 is 19.8 Å². The summed E-state index contributed by atoms with van der Waals surface area (Å²) in [5.41, 5.74) is 0.518. The van der Waals surface area contributed by atoms with Gasteiger partial charge in [-0.15, -0.1) is 11.3 Å². The van der Waals surface area contributed by atoms with Crippen molar-refractivity contribution in [2.24, 2.45) is 0 Å². The van der Waals surface area contributed by atoms with Crippen LogP contribution in [0.15, 0.2) is 65.6 Å². The summed E-state index contributed by atoms with van der Waals surface area (Å²) >= 11 is 7.38. The molecule has 1 amide bonds. The summed E-state index contributed by atoms with van der Waals surface area (Å²) in [4.78, 5) is 28.2. The molecule has 1 fully saturated rings. The number of aliphatic hydroxyl groups excluding tert-OH is 1. The molecule has 0 radical (unpaired) electrons. The van der Waals surface area contributed by atoms with Crippen LogP contribution < -0.4 is 4.74 Å². The van der Waals surface area contributed by atoms with Crippen molar-refractivity contribution in [1.29, 1.82) is 0 Å². The van der Waals surface area contributed by atoms with Crippen LogP contribution in [0.4, 0.5) is 0 Å². The van der Waals surface area contributed by atoms with E-state index in [4.69, 9.17) is 16.3 Å². The lowest BCUT2D eigenvalue weighted by atomic mass is 9.94. The number of benzene rings is 2. The van der Waals surface area contributed by atoms with Gasteiger partial charge in [-0.1, -0.05) is 29.8 Å². The molecule has 1 saturated heterocycles. The second-order valence-corrected chi connectivity index (χ2v) is 8.38. The minimum atomic E-state index is -0.993. The number of hydrogen-bond acceptors (Lipinski definition) is 6. The van der Waals surface area contributed by atoms with Crippen LogP contribution in [0.25, 0.3) is 5.76 Å². The van der Waals surface area contributed by atoms with Crippen molar-refractivity contribution in [3.8, 4) is 11.5 Å². The fourth-order valence-electron chi connectivity index (χ4n) is 3.62. The number of nitrogens with zero attached hydrogens (tertiary/aromatic N) is 1. The minimum absolute atomic E-state index is 0.104. The van der Waals surface area contributed by atoms with Crippen molar-refractivity contribution < 1.29 is 24.5 Å². The summed E-state index contributed by atoms with van der Waals surface area (Å²) in [6.07, 6.45) is 0. The quantitative estimate of drug-likeness (QED) is 0.329. The molecule has 2 heterocycles. The molecule has 2 N–H and O–H groups in total. The monoisotopic (exact) mass is 455 g/mol. The van der Waals surface area contributed by atoms with Crippen LogP contribution in [0, 0.1) is 0 Å². The van der Waals surface area contributed by atoms with E-state index in [1.807, 2.05) is 17.5 Å². The van der Waals surface area contributed by atoms with Gasteiger partial charge in [0, 0.05) is 21.0 Å². The molecule has 1 unspecified atom stereocenters. The third-order valence-corrected chi connectivity index (χ3v) is 6.22. The number of rotatable bonds is 5. The average Bonchev–Trinajstić information content (AvgIpc) is 3.36. The maximum Gasteiger partial charge on any atom is 0.295 e. The molecule has 1 aromatic heterocycles. The first-order valence-electron chi connectivity index (χ1n) is 9.35. The Morgan fingerprint density at radius 3 is 2.52 bits per heavy atom. The molecule has 1 aliphatic rings. The number of amides is 1. The van der Waals surface area contributed by atoms with Gasteiger partial charge in [0.25, 0.3) is 11.7 Å². The Kier molecular flexibility index (Phi) is 5.71. The van der Waals surface area contributed by atoms with Crippen molar-refractivity contribution in [3.05, 3.63) is 86.6 Å². The van der Waals surface area contributed by atoms with Crippen LogP contribution in [0.5, 0.6) is 11.5 Å². The molecule has 6 nitrogen and oxygen atoms in total. The molecule has 0 bridgehead atoms. The number of ketones is 1. The summed E-state index contributed by atoms with van der Waals surface area (Å²) in [6.45, 7) is 0.154. The number of carbonyl (C=O) groups is 2. The number of Topliss-reactive ketones (excluding diaryl/α,β-unsaturated/α-hetero) is 1. The van der Waals surface area contributed by atoms with Crippen molar-refractivity contribution >= 4 is 40.4 Å². The maximum atomic E-state index is 13.0. The summed E-state index contributed by atoms with van der Waals surface area (Å²) in [5, 5.41) is 24.1. The predicted molar refractivity (Wildman–Crippen MR) is 118 cm³/mol. The van der Waals surface area contributed by atoms with E-state index in [0.29, 0.717) is 10.6 Å². The SMILES string of the molecule is COc1cccc(C2/C(=C(\O)c3ccc(Cl)cc3)C(=O)C(=O)N2Cc2cccs2)c1O. The van der Waals surface area contributed by atoms with Gasteiger partial charge in [-0.2, -0.15) is 0 Å². The van der Waals surface area contributed by atoms with Gasteiger partial charge in [0.05, 0.1) is 25.3 Å². The van der Waals surface area contributed by atoms with Crippen LogP contribution in [-0.4, -0.2) is 33.9 Å². The number of likely N-dealkylation sites (tertiary alicyclic amines) is 1. The van der Waals surface area contributed by atoms with Gasteiger partial charge in [0.15, 0.2) is 11.5 Å². The predicted octanol–water partition coefficient (Wildman–Crippen LogP) is 4.74. The van der Waals surface area contributed by atoms with Crippen LogP contribution in [0.2, 0.25) is 5.02 Å². The van der Waals surface area contributed by atoms with E-state index >= 15 is 0 Å². The van der Waals surface area contributed by atoms with Crippen LogP contribution in [-0.2, 0) is 16.1 Å². The average molecular weight is 456 g/mol. The van der Waals surface area contributed by atoms with E-state index in [2.05, 4.69) is 0 Å². The highest BCUT2D eigenvalue weighted by Crippen LogP contribution is 2.45. The first-order chi connectivity index (χ1) is 14.9. The fraction of sp³-hybridized carbons (Fsp3) is 0.130. The van der Waals surface area contributed by atoms with E-state index in [-0.39, 0.29) is 34.9 Å². The van der Waals surface area contributed by atoms with E-state index < -0.39 is 17.7 Å². The van der Waals surface area contributed by atoms with Crippen molar-refractivity contribution in [2.75, 3.05) is 7.11 Å². The number of ether oxygens (including phenoxy) is 1. The smallest absolute Gasteiger partial charge is 0.295 e. The van der Waals surface area contributed by atoms with Gasteiger partial charge >= 0.3 is 0 Å². The lowest BCUT2D eigenvalue weighted by Gasteiger charge is -2.26. The number of halogens is 1. The first-order valence-corrected chi connectivity index (χ1v) is 10.6. The number of hydrogen-bond donors (Lipinski definition) is 2. The molecule has 1 aliphatic heterocycles. The van der Waals surface area contributed by atoms with Crippen molar-refractivity contribution in [1.82, 2.24) is 4.90 Å². The Morgan fingerprint density at radius 2 is 1.87 bits per heavy atom. The molecule has 31 heavy (non-hydrogen) atoms. The minimum Gasteiger partial charge on any atom is -0.507 e. The Hall–Kier alpha value is -3.29. The van der Waals surface area contributed by atoms with Crippen LogP contribution in [0.1, 0.15) is 22.0 Å². The van der Waals surface area contributed by atoms with E-state index in [0.717, 1.165) is 4.88 Å². The first kappa shape index (κ1) is 21.0. The lowest BCUT2D eigenvalue weighted by Crippen LogP contribution is -2.28. The van der Waals surface area contributed by atoms with Gasteiger partial charge in [-0.25, -0.2) is 0 Å². The second kappa shape index (κ2) is 8.45. The number of phenolic OH excluding ortho intramolecular Hbond substituents is 1. The van der Waals surface area contributed by atoms with E-state index in [1.54, 1.807) is 42.5 Å². The highest BCUT2D eigenvalue weighted by Gasteiger charge is 2.47. The Balaban J connectivity index is 1.92. The topological polar surface area (TPSA) is 87.1 Å². The number of phenols is 1. The maximum absolute atomic E-state index is 13.0. The lowest BCUT2D eigenvalue weighted by molar-refractivity contribution is -0.140. The molecule has 158 valence electrons. The number of carbonyl (C=O) groups excluding carboxylic acids is 2. The number of para-hydroxylation sites is 1. The van der Waals surface area contributed by atoms with Crippen molar-refractivity contribution in [3.63, 3.8) is 0 Å². The fourth-order valence-corrected chi connectivity index (χ4v) is 4.45. The van der Waals surface area contributed by atoms with Crippen LogP contribution >= 0.6 is 22.9 Å². The Bertz CT molecular complexity index is 1170. The molecular formula is C23H18ClNO5S. The standard InChI is InChI=1S/C23H18ClNO5S/c1-30-17-6-2-5-16(21(17)27)19-18(20(26)13-7-9-14(24)10-8-13)22(28)23(29)25(19)12-15-4-3-11-31-15/h2-11,19,26-27H,12H2,1H3/b20-18+. The molecular weight excluding hydrogens is 438 g/mol. The van der Waals surface area contributed by atoms with Gasteiger partial charge in [0.1, 0.15) is 5.76 Å². The third-order valence-electron chi connectivity index (χ3n) is 5.11. The zero-order chi connectivity index (χ0) is 22.1. The molecule has 8 heteroatoms. The van der Waals surface area contributed by atoms with Crippen LogP contribution in [0.3, 0.4) is 0 Å². The number of thiophene rings is 1. The molecule has 2 aromatic carbocycles. The zero-order valence-electron chi connectivity index (χ0n) is 16.4. The molecule has 0 spiro atoms. The second-order valence-electron chi connectivity index (χ2n) is 6.91. The van der Waals surface area contributed by atoms with Gasteiger partial charge in [-0.3, -0.25) is 9.59 Å². The summed E-state index contributed by atoms with van der Waals surface area (Å²) < 4.78 is 5.20. The molecule has 3 aromatic rings. The van der Waals surface area contributed by atoms with Gasteiger partial charge in [-0.05, 0) is 41.8 Å². The highest BCUT2D eigenvalue weighted by atomic mass is 35.5. The highest BCUT2D eigenvalue weighted by molar-refractivity contribution is 7.09. The number of aliphatic hydroxyl groups is 1. The third kappa shape index (κ3) is 3.78. The molecule has 1 atom stereocenters. The molecule has 4 rings (SSSR count). The molecule has 0 aliphatic carbocycles. The summed E-state index contributed by atoms with van der Waals surface area (Å²) in [6, 6.07) is 13.8. The number of aromatic hydroxyl groups is 1. The number of methoxy groups -OCH3 is 1. The van der Waals surface area contributed by atoms with Crippen molar-refractivity contribution in [2.45, 2.75) is 12.6 Å². The molecule has 0 saturated carbocycles. The normalized spacial score (nSPS) is 17.9. The van der Waals surface area contributed by atoms with E-state index in [1.165, 1.54) is 23.3 Å². The van der Waals surface area contributed by atoms with Gasteiger partial charge in [0.2, 0.25) is 0 Å². The Morgan fingerprint density at radius 1 is 1.13 bits per heavy atom. The van der Waals surface area contributed by atoms with E-state index in [9.17, 15) is 19.8 Å². The Labute approximate surface area is 187 Å². The largest absolute Gasteiger partial charge is 0.507 e.